The minimum Gasteiger partial charge on any atom is -0.454 e. The number of nitrogens with one attached hydrogen (secondary N) is 1. The molecule has 134 valence electrons. The molecule has 2 aliphatic heterocycles. The van der Waals surface area contributed by atoms with Crippen LogP contribution in [0, 0.1) is 10.1 Å². The minimum absolute atomic E-state index is 0.000954. The van der Waals surface area contributed by atoms with Crippen molar-refractivity contribution in [2.75, 3.05) is 19.9 Å². The zero-order valence-corrected chi connectivity index (χ0v) is 12.3. The van der Waals surface area contributed by atoms with Gasteiger partial charge in [0.2, 0.25) is 12.7 Å². The maximum absolute atomic E-state index is 13.1. The summed E-state index contributed by atoms with van der Waals surface area (Å²) in [5, 5.41) is 13.2. The van der Waals surface area contributed by atoms with E-state index in [1.165, 1.54) is 0 Å². The van der Waals surface area contributed by atoms with E-state index >= 15 is 0 Å². The number of nitrogens with zero attached hydrogens (tertiary/aromatic N) is 2. The molecule has 2 amide bonds. The van der Waals surface area contributed by atoms with Crippen molar-refractivity contribution in [1.82, 2.24) is 10.2 Å². The summed E-state index contributed by atoms with van der Waals surface area (Å²) in [7, 11) is 0. The Bertz CT molecular complexity index is 766. The molecule has 0 aromatic heterocycles. The van der Waals surface area contributed by atoms with Gasteiger partial charge in [0, 0.05) is 12.6 Å². The van der Waals surface area contributed by atoms with Gasteiger partial charge < -0.3 is 19.7 Å². The van der Waals surface area contributed by atoms with Crippen LogP contribution in [0.2, 0.25) is 0 Å². The normalized spacial score (nSPS) is 19.6. The summed E-state index contributed by atoms with van der Waals surface area (Å²) >= 11 is 0. The van der Waals surface area contributed by atoms with E-state index in [0.29, 0.717) is 0 Å². The first-order valence-electron chi connectivity index (χ1n) is 6.91. The molecule has 25 heavy (non-hydrogen) atoms. The second-order valence-corrected chi connectivity index (χ2v) is 5.27. The molecule has 1 unspecified atom stereocenters. The summed E-state index contributed by atoms with van der Waals surface area (Å²) in [5.41, 5.74) is -1.35. The third-order valence-corrected chi connectivity index (χ3v) is 3.74. The fourth-order valence-electron chi connectivity index (χ4n) is 2.56. The first-order chi connectivity index (χ1) is 11.7. The summed E-state index contributed by atoms with van der Waals surface area (Å²) in [4.78, 5) is 34.6. The van der Waals surface area contributed by atoms with Crippen LogP contribution in [0.15, 0.2) is 12.1 Å². The Labute approximate surface area is 137 Å². The van der Waals surface area contributed by atoms with Gasteiger partial charge in [0.05, 0.1) is 11.0 Å². The van der Waals surface area contributed by atoms with E-state index < -0.39 is 53.3 Å². The molecule has 2 heterocycles. The number of alkyl halides is 3. The maximum Gasteiger partial charge on any atom is 0.410 e. The highest BCUT2D eigenvalue weighted by Crippen LogP contribution is 2.39. The third-order valence-electron chi connectivity index (χ3n) is 3.74. The maximum atomic E-state index is 13.1. The highest BCUT2D eigenvalue weighted by molar-refractivity contribution is 6.01. The van der Waals surface area contributed by atoms with Crippen LogP contribution in [0.4, 0.5) is 18.9 Å². The van der Waals surface area contributed by atoms with Crippen LogP contribution in [0.1, 0.15) is 10.4 Å². The number of fused-ring (bicyclic) bond motifs is 1. The Kier molecular flexibility index (Phi) is 3.89. The molecule has 3 rings (SSSR count). The SMILES string of the molecule is O=C1CN(C(=O)c2cc3c(cc2[N+](=O)[O-])OCO3)C(C(F)(F)F)CN1. The standard InChI is InChI=1S/C13H10F3N3O6/c14-13(15,16)10-3-17-11(20)4-18(10)12(21)6-1-8-9(25-5-24-8)2-7(6)19(22)23/h1-2,10H,3-5H2,(H,17,20). The third kappa shape index (κ3) is 3.02. The molecule has 9 nitrogen and oxygen atoms in total. The lowest BCUT2D eigenvalue weighted by Crippen LogP contribution is -2.61. The number of amides is 2. The zero-order chi connectivity index (χ0) is 18.4. The van der Waals surface area contributed by atoms with Gasteiger partial charge in [-0.15, -0.1) is 0 Å². The molecule has 2 aliphatic rings. The van der Waals surface area contributed by atoms with Crippen molar-refractivity contribution in [3.63, 3.8) is 0 Å². The molecule has 1 saturated heterocycles. The first-order valence-corrected chi connectivity index (χ1v) is 6.91. The number of carbonyl (C=O) groups is 2. The molecule has 1 N–H and O–H groups in total. The number of ether oxygens (including phenoxy) is 2. The van der Waals surface area contributed by atoms with Crippen LogP contribution in [0.5, 0.6) is 11.5 Å². The van der Waals surface area contributed by atoms with Crippen LogP contribution < -0.4 is 14.8 Å². The van der Waals surface area contributed by atoms with Gasteiger partial charge in [0.1, 0.15) is 18.2 Å². The van der Waals surface area contributed by atoms with Crippen molar-refractivity contribution < 1.29 is 37.2 Å². The van der Waals surface area contributed by atoms with E-state index in [2.05, 4.69) is 0 Å². The predicted molar refractivity (Wildman–Crippen MR) is 73.1 cm³/mol. The van der Waals surface area contributed by atoms with Gasteiger partial charge >= 0.3 is 6.18 Å². The molecular formula is C13H10F3N3O6. The minimum atomic E-state index is -4.81. The second kappa shape index (κ2) is 5.79. The van der Waals surface area contributed by atoms with E-state index in [1.54, 1.807) is 0 Å². The quantitative estimate of drug-likeness (QED) is 0.617. The highest BCUT2D eigenvalue weighted by Gasteiger charge is 2.49. The first kappa shape index (κ1) is 16.8. The van der Waals surface area contributed by atoms with Crippen molar-refractivity contribution in [3.05, 3.63) is 27.8 Å². The summed E-state index contributed by atoms with van der Waals surface area (Å²) in [6.07, 6.45) is -4.81. The zero-order valence-electron chi connectivity index (χ0n) is 12.3. The molecule has 0 radical (unpaired) electrons. The molecule has 0 saturated carbocycles. The summed E-state index contributed by atoms with van der Waals surface area (Å²) in [6.45, 7) is -1.93. The van der Waals surface area contributed by atoms with E-state index in [-0.39, 0.29) is 23.2 Å². The van der Waals surface area contributed by atoms with Crippen LogP contribution in [-0.2, 0) is 4.79 Å². The topological polar surface area (TPSA) is 111 Å². The molecule has 12 heteroatoms. The van der Waals surface area contributed by atoms with E-state index in [9.17, 15) is 32.9 Å². The van der Waals surface area contributed by atoms with Crippen molar-refractivity contribution >= 4 is 17.5 Å². The number of hydrogen-bond donors (Lipinski definition) is 1. The number of nitro benzene ring substituents is 1. The lowest BCUT2D eigenvalue weighted by atomic mass is 10.1. The van der Waals surface area contributed by atoms with Gasteiger partial charge in [-0.05, 0) is 0 Å². The molecule has 1 aromatic rings. The molecule has 0 aliphatic carbocycles. The molecular weight excluding hydrogens is 351 g/mol. The second-order valence-electron chi connectivity index (χ2n) is 5.27. The Morgan fingerprint density at radius 1 is 1.32 bits per heavy atom. The molecule has 1 fully saturated rings. The number of nitro groups is 1. The molecule has 1 aromatic carbocycles. The van der Waals surface area contributed by atoms with Crippen LogP contribution in [-0.4, -0.2) is 53.7 Å². The van der Waals surface area contributed by atoms with Crippen LogP contribution in [0.3, 0.4) is 0 Å². The Morgan fingerprint density at radius 3 is 2.56 bits per heavy atom. The summed E-state index contributed by atoms with van der Waals surface area (Å²) < 4.78 is 49.4. The fourth-order valence-corrected chi connectivity index (χ4v) is 2.56. The molecule has 1 atom stereocenters. The van der Waals surface area contributed by atoms with E-state index in [0.717, 1.165) is 12.1 Å². The van der Waals surface area contributed by atoms with Gasteiger partial charge in [-0.25, -0.2) is 0 Å². The lowest BCUT2D eigenvalue weighted by molar-refractivity contribution is -0.385. The van der Waals surface area contributed by atoms with Crippen molar-refractivity contribution in [2.24, 2.45) is 0 Å². The number of piperazine rings is 1. The van der Waals surface area contributed by atoms with Crippen molar-refractivity contribution in [3.8, 4) is 11.5 Å². The number of halogens is 3. The average Bonchev–Trinajstić information content (AvgIpc) is 2.99. The van der Waals surface area contributed by atoms with Crippen LogP contribution in [0.25, 0.3) is 0 Å². The van der Waals surface area contributed by atoms with Gasteiger partial charge in [-0.3, -0.25) is 19.7 Å². The summed E-state index contributed by atoms with van der Waals surface area (Å²) in [6, 6.07) is -0.437. The number of rotatable bonds is 2. The summed E-state index contributed by atoms with van der Waals surface area (Å²) in [5.74, 6) is -2.08. The molecule has 0 spiro atoms. The number of carbonyl (C=O) groups excluding carboxylic acids is 2. The number of hydrogen-bond acceptors (Lipinski definition) is 6. The van der Waals surface area contributed by atoms with E-state index in [1.807, 2.05) is 5.32 Å². The highest BCUT2D eigenvalue weighted by atomic mass is 19.4. The van der Waals surface area contributed by atoms with Crippen molar-refractivity contribution in [2.45, 2.75) is 12.2 Å². The fraction of sp³-hybridized carbons (Fsp3) is 0.385. The average molecular weight is 361 g/mol. The molecule has 0 bridgehead atoms. The predicted octanol–water partition coefficient (Wildman–Crippen LogP) is 0.826. The van der Waals surface area contributed by atoms with Gasteiger partial charge in [-0.1, -0.05) is 0 Å². The van der Waals surface area contributed by atoms with Gasteiger partial charge in [-0.2, -0.15) is 13.2 Å². The van der Waals surface area contributed by atoms with Gasteiger partial charge in [0.25, 0.3) is 11.6 Å². The van der Waals surface area contributed by atoms with Crippen LogP contribution >= 0.6 is 0 Å². The van der Waals surface area contributed by atoms with Crippen molar-refractivity contribution in [1.29, 1.82) is 0 Å². The Balaban J connectivity index is 2.04. The van der Waals surface area contributed by atoms with Gasteiger partial charge in [0.15, 0.2) is 11.5 Å². The smallest absolute Gasteiger partial charge is 0.410 e. The Hall–Kier alpha value is -3.05. The number of benzene rings is 1. The largest absolute Gasteiger partial charge is 0.454 e. The Morgan fingerprint density at radius 2 is 1.96 bits per heavy atom. The van der Waals surface area contributed by atoms with E-state index in [4.69, 9.17) is 9.47 Å². The monoisotopic (exact) mass is 361 g/mol. The lowest BCUT2D eigenvalue weighted by Gasteiger charge is -2.36.